The molecule has 0 radical (unpaired) electrons. The molecule has 1 unspecified atom stereocenters. The van der Waals surface area contributed by atoms with E-state index in [1.165, 1.54) is 38.9 Å². The average Bonchev–Trinajstić information content (AvgIpc) is 2.54. The number of guanidine groups is 1. The van der Waals surface area contributed by atoms with Crippen LogP contribution < -0.4 is 10.6 Å². The maximum atomic E-state index is 5.34. The summed E-state index contributed by atoms with van der Waals surface area (Å²) in [6.07, 6.45) is 6.35. The highest BCUT2D eigenvalue weighted by molar-refractivity contribution is 14.0. The van der Waals surface area contributed by atoms with E-state index in [0.717, 1.165) is 45.1 Å². The predicted octanol–water partition coefficient (Wildman–Crippen LogP) is 2.71. The van der Waals surface area contributed by atoms with Gasteiger partial charge in [0.25, 0.3) is 0 Å². The average molecular weight is 440 g/mol. The van der Waals surface area contributed by atoms with Crippen LogP contribution in [0.1, 0.15) is 46.0 Å². The molecule has 0 aromatic rings. The van der Waals surface area contributed by atoms with Gasteiger partial charge in [-0.25, -0.2) is 0 Å². The lowest BCUT2D eigenvalue weighted by Gasteiger charge is -2.29. The van der Waals surface area contributed by atoms with Gasteiger partial charge in [0.2, 0.25) is 0 Å². The number of piperidine rings is 1. The molecule has 0 spiro atoms. The summed E-state index contributed by atoms with van der Waals surface area (Å²) in [6, 6.07) is 0. The first-order valence-electron chi connectivity index (χ1n) is 9.00. The van der Waals surface area contributed by atoms with E-state index in [2.05, 4.69) is 27.4 Å². The zero-order valence-corrected chi connectivity index (χ0v) is 17.6. The Bertz CT molecular complexity index is 296. The van der Waals surface area contributed by atoms with E-state index in [1.807, 2.05) is 14.0 Å². The SMILES string of the molecule is CCOCCCCNC(=NC)NCC(C)CN1CCCCC1.I. The number of rotatable bonds is 10. The second-order valence-electron chi connectivity index (χ2n) is 6.25. The summed E-state index contributed by atoms with van der Waals surface area (Å²) in [5.41, 5.74) is 0. The molecule has 23 heavy (non-hydrogen) atoms. The maximum absolute atomic E-state index is 5.34. The molecule has 138 valence electrons. The molecule has 0 aromatic heterocycles. The fraction of sp³-hybridized carbons (Fsp3) is 0.941. The van der Waals surface area contributed by atoms with E-state index in [9.17, 15) is 0 Å². The molecule has 1 fully saturated rings. The van der Waals surface area contributed by atoms with E-state index in [1.54, 1.807) is 0 Å². The highest BCUT2D eigenvalue weighted by Gasteiger charge is 2.13. The summed E-state index contributed by atoms with van der Waals surface area (Å²) in [5.74, 6) is 1.57. The molecule has 0 bridgehead atoms. The summed E-state index contributed by atoms with van der Waals surface area (Å²) in [7, 11) is 1.84. The van der Waals surface area contributed by atoms with Gasteiger partial charge in [-0.2, -0.15) is 0 Å². The van der Waals surface area contributed by atoms with Crippen LogP contribution in [0.5, 0.6) is 0 Å². The zero-order chi connectivity index (χ0) is 16.0. The molecular formula is C17H37IN4O. The highest BCUT2D eigenvalue weighted by atomic mass is 127. The smallest absolute Gasteiger partial charge is 0.190 e. The third-order valence-electron chi connectivity index (χ3n) is 4.07. The van der Waals surface area contributed by atoms with Gasteiger partial charge in [-0.3, -0.25) is 4.99 Å². The van der Waals surface area contributed by atoms with Crippen LogP contribution in [-0.2, 0) is 4.74 Å². The van der Waals surface area contributed by atoms with E-state index >= 15 is 0 Å². The van der Waals surface area contributed by atoms with Crippen molar-refractivity contribution < 1.29 is 4.74 Å². The Hall–Kier alpha value is -0.0800. The van der Waals surface area contributed by atoms with Gasteiger partial charge in [-0.15, -0.1) is 24.0 Å². The fourth-order valence-electron chi connectivity index (χ4n) is 2.82. The second-order valence-corrected chi connectivity index (χ2v) is 6.25. The molecule has 6 heteroatoms. The molecule has 1 aliphatic heterocycles. The number of halogens is 1. The minimum Gasteiger partial charge on any atom is -0.382 e. The Morgan fingerprint density at radius 3 is 2.57 bits per heavy atom. The van der Waals surface area contributed by atoms with Crippen molar-refractivity contribution in [1.29, 1.82) is 0 Å². The number of ether oxygens (including phenoxy) is 1. The lowest BCUT2D eigenvalue weighted by molar-refractivity contribution is 0.143. The van der Waals surface area contributed by atoms with E-state index < -0.39 is 0 Å². The van der Waals surface area contributed by atoms with Gasteiger partial charge in [0.1, 0.15) is 0 Å². The topological polar surface area (TPSA) is 48.9 Å². The quantitative estimate of drug-likeness (QED) is 0.237. The normalized spacial score (nSPS) is 17.4. The first kappa shape index (κ1) is 22.9. The van der Waals surface area contributed by atoms with Gasteiger partial charge in [0.15, 0.2) is 5.96 Å². The van der Waals surface area contributed by atoms with Crippen molar-refractivity contribution >= 4 is 29.9 Å². The van der Waals surface area contributed by atoms with Gasteiger partial charge < -0.3 is 20.3 Å². The Balaban J connectivity index is 0.00000484. The molecule has 5 nitrogen and oxygen atoms in total. The highest BCUT2D eigenvalue weighted by Crippen LogP contribution is 2.10. The first-order valence-corrected chi connectivity index (χ1v) is 9.00. The van der Waals surface area contributed by atoms with E-state index in [4.69, 9.17) is 4.74 Å². The van der Waals surface area contributed by atoms with Gasteiger partial charge in [0.05, 0.1) is 0 Å². The van der Waals surface area contributed by atoms with Gasteiger partial charge in [-0.1, -0.05) is 13.3 Å². The third kappa shape index (κ3) is 12.0. The molecule has 0 aromatic carbocycles. The number of unbranched alkanes of at least 4 members (excludes halogenated alkanes) is 1. The largest absolute Gasteiger partial charge is 0.382 e. The minimum absolute atomic E-state index is 0. The van der Waals surface area contributed by atoms with Crippen molar-refractivity contribution in [3.63, 3.8) is 0 Å². The third-order valence-corrected chi connectivity index (χ3v) is 4.07. The van der Waals surface area contributed by atoms with Crippen molar-refractivity contribution in [2.45, 2.75) is 46.0 Å². The molecular weight excluding hydrogens is 403 g/mol. The summed E-state index contributed by atoms with van der Waals surface area (Å²) in [4.78, 5) is 6.89. The predicted molar refractivity (Wildman–Crippen MR) is 110 cm³/mol. The van der Waals surface area contributed by atoms with Crippen LogP contribution in [0, 0.1) is 5.92 Å². The summed E-state index contributed by atoms with van der Waals surface area (Å²) in [6.45, 7) is 11.7. The lowest BCUT2D eigenvalue weighted by Crippen LogP contribution is -2.42. The van der Waals surface area contributed by atoms with Crippen molar-refractivity contribution in [1.82, 2.24) is 15.5 Å². The molecule has 1 heterocycles. The molecule has 2 N–H and O–H groups in total. The maximum Gasteiger partial charge on any atom is 0.190 e. The lowest BCUT2D eigenvalue weighted by atomic mass is 10.1. The molecule has 0 saturated carbocycles. The van der Waals surface area contributed by atoms with E-state index in [0.29, 0.717) is 5.92 Å². The summed E-state index contributed by atoms with van der Waals surface area (Å²) < 4.78 is 5.34. The Kier molecular flexibility index (Phi) is 15.4. The standard InChI is InChI=1S/C17H36N4O.HI/c1-4-22-13-9-6-10-19-17(18-3)20-14-16(2)15-21-11-7-5-8-12-21;/h16H,4-15H2,1-3H3,(H2,18,19,20);1H. The van der Waals surface area contributed by atoms with Crippen LogP contribution in [0.25, 0.3) is 0 Å². The van der Waals surface area contributed by atoms with Gasteiger partial charge >= 0.3 is 0 Å². The molecule has 1 atom stereocenters. The Morgan fingerprint density at radius 1 is 1.17 bits per heavy atom. The summed E-state index contributed by atoms with van der Waals surface area (Å²) in [5, 5.41) is 6.82. The van der Waals surface area contributed by atoms with Gasteiger partial charge in [-0.05, 0) is 51.6 Å². The zero-order valence-electron chi connectivity index (χ0n) is 15.3. The van der Waals surface area contributed by atoms with Crippen molar-refractivity contribution in [3.05, 3.63) is 0 Å². The van der Waals surface area contributed by atoms with E-state index in [-0.39, 0.29) is 24.0 Å². The molecule has 0 amide bonds. The Morgan fingerprint density at radius 2 is 1.91 bits per heavy atom. The number of hydrogen-bond donors (Lipinski definition) is 2. The number of hydrogen-bond acceptors (Lipinski definition) is 3. The monoisotopic (exact) mass is 440 g/mol. The summed E-state index contributed by atoms with van der Waals surface area (Å²) >= 11 is 0. The van der Waals surface area contributed by atoms with Crippen LogP contribution >= 0.6 is 24.0 Å². The number of nitrogens with zero attached hydrogens (tertiary/aromatic N) is 2. The molecule has 0 aliphatic carbocycles. The Labute approximate surface area is 160 Å². The number of aliphatic imine (C=N–C) groups is 1. The van der Waals surface area contributed by atoms with Crippen LogP contribution in [0.3, 0.4) is 0 Å². The molecule has 1 aliphatic rings. The minimum atomic E-state index is 0. The molecule has 1 rings (SSSR count). The first-order chi connectivity index (χ1) is 10.8. The molecule has 1 saturated heterocycles. The van der Waals surface area contributed by atoms with Crippen molar-refractivity contribution in [2.75, 3.05) is 53.0 Å². The van der Waals surface area contributed by atoms with Gasteiger partial charge in [0, 0.05) is 39.9 Å². The number of nitrogens with one attached hydrogen (secondary N) is 2. The fourth-order valence-corrected chi connectivity index (χ4v) is 2.82. The van der Waals surface area contributed by atoms with Crippen molar-refractivity contribution in [3.8, 4) is 0 Å². The second kappa shape index (κ2) is 15.4. The van der Waals surface area contributed by atoms with Crippen LogP contribution in [0.2, 0.25) is 0 Å². The van der Waals surface area contributed by atoms with Crippen LogP contribution in [-0.4, -0.2) is 63.8 Å². The van der Waals surface area contributed by atoms with Crippen LogP contribution in [0.4, 0.5) is 0 Å². The number of likely N-dealkylation sites (tertiary alicyclic amines) is 1. The van der Waals surface area contributed by atoms with Crippen LogP contribution in [0.15, 0.2) is 4.99 Å². The van der Waals surface area contributed by atoms with Crippen molar-refractivity contribution in [2.24, 2.45) is 10.9 Å².